The van der Waals surface area contributed by atoms with Gasteiger partial charge in [-0.25, -0.2) is 8.42 Å². The minimum Gasteiger partial charge on any atom is -0.354 e. The zero-order valence-corrected chi connectivity index (χ0v) is 18.6. The first-order chi connectivity index (χ1) is 13.8. The normalized spacial score (nSPS) is 15.9. The van der Waals surface area contributed by atoms with Crippen molar-refractivity contribution in [3.8, 4) is 0 Å². The Bertz CT molecular complexity index is 905. The molecule has 0 spiro atoms. The number of sulfonamides is 1. The summed E-state index contributed by atoms with van der Waals surface area (Å²) in [6.45, 7) is 5.29. The largest absolute Gasteiger partial charge is 0.354 e. The molecule has 0 atom stereocenters. The molecule has 0 unspecified atom stereocenters. The van der Waals surface area contributed by atoms with Crippen molar-refractivity contribution in [3.05, 3.63) is 52.2 Å². The number of likely N-dealkylation sites (tertiary alicyclic amines) is 1. The van der Waals surface area contributed by atoms with Crippen molar-refractivity contribution in [2.24, 2.45) is 5.92 Å². The van der Waals surface area contributed by atoms with Crippen LogP contribution in [0.2, 0.25) is 0 Å². The lowest BCUT2D eigenvalue weighted by molar-refractivity contribution is -0.119. The molecule has 3 rings (SSSR count). The molecule has 1 amide bonds. The maximum Gasteiger partial charge on any atom is 0.240 e. The van der Waals surface area contributed by atoms with E-state index in [1.807, 2.05) is 19.1 Å². The predicted molar refractivity (Wildman–Crippen MR) is 119 cm³/mol. The lowest BCUT2D eigenvalue weighted by Gasteiger charge is -2.32. The number of anilines is 1. The average molecular weight is 436 g/mol. The Morgan fingerprint density at radius 1 is 1.21 bits per heavy atom. The van der Waals surface area contributed by atoms with Crippen LogP contribution in [0.25, 0.3) is 0 Å². The molecule has 1 fully saturated rings. The molecule has 8 heteroatoms. The van der Waals surface area contributed by atoms with Gasteiger partial charge in [0.1, 0.15) is 6.54 Å². The van der Waals surface area contributed by atoms with Crippen molar-refractivity contribution in [1.82, 2.24) is 10.2 Å². The van der Waals surface area contributed by atoms with E-state index in [1.165, 1.54) is 9.18 Å². The van der Waals surface area contributed by atoms with E-state index in [2.05, 4.69) is 27.7 Å². The highest BCUT2D eigenvalue weighted by atomic mass is 32.2. The Hall–Kier alpha value is -1.90. The standard InChI is InChI=1S/C21H29N3O3S2/c1-17-6-3-4-8-20(17)24(29(2,26)27)16-21(25)22-14-18-9-11-23(12-10-18)15-19-7-5-13-28-19/h3-8,13,18H,9-12,14-16H2,1-2H3,(H,22,25). The molecule has 6 nitrogen and oxygen atoms in total. The van der Waals surface area contributed by atoms with E-state index < -0.39 is 10.0 Å². The quantitative estimate of drug-likeness (QED) is 0.692. The van der Waals surface area contributed by atoms with Crippen molar-refractivity contribution in [2.45, 2.75) is 26.3 Å². The molecule has 1 saturated heterocycles. The third-order valence-corrected chi connectivity index (χ3v) is 7.31. The lowest BCUT2D eigenvalue weighted by atomic mass is 9.97. The summed E-state index contributed by atoms with van der Waals surface area (Å²) in [5.41, 5.74) is 1.37. The molecule has 2 heterocycles. The fourth-order valence-corrected chi connectivity index (χ4v) is 5.30. The number of piperidine rings is 1. The second-order valence-corrected chi connectivity index (χ2v) is 10.6. The highest BCUT2D eigenvalue weighted by Gasteiger charge is 2.24. The minimum absolute atomic E-state index is 0.194. The van der Waals surface area contributed by atoms with Crippen LogP contribution in [-0.4, -0.2) is 51.7 Å². The Balaban J connectivity index is 1.48. The number of para-hydroxylation sites is 1. The van der Waals surface area contributed by atoms with Gasteiger partial charge in [-0.15, -0.1) is 11.3 Å². The van der Waals surface area contributed by atoms with Crippen LogP contribution in [0, 0.1) is 12.8 Å². The van der Waals surface area contributed by atoms with Crippen LogP contribution in [0.5, 0.6) is 0 Å². The molecule has 0 bridgehead atoms. The van der Waals surface area contributed by atoms with Gasteiger partial charge in [0.05, 0.1) is 11.9 Å². The Morgan fingerprint density at radius 2 is 1.93 bits per heavy atom. The zero-order valence-electron chi connectivity index (χ0n) is 17.0. The number of hydrogen-bond donors (Lipinski definition) is 1. The summed E-state index contributed by atoms with van der Waals surface area (Å²) < 4.78 is 25.6. The van der Waals surface area contributed by atoms with Gasteiger partial charge in [-0.3, -0.25) is 14.0 Å². The lowest BCUT2D eigenvalue weighted by Crippen LogP contribution is -2.43. The number of benzene rings is 1. The second-order valence-electron chi connectivity index (χ2n) is 7.66. The van der Waals surface area contributed by atoms with Gasteiger partial charge in [0, 0.05) is 18.0 Å². The number of rotatable bonds is 8. The number of amides is 1. The molecule has 0 aliphatic carbocycles. The number of aryl methyl sites for hydroxylation is 1. The Morgan fingerprint density at radius 3 is 2.55 bits per heavy atom. The maximum absolute atomic E-state index is 12.5. The van der Waals surface area contributed by atoms with E-state index in [-0.39, 0.29) is 12.5 Å². The maximum atomic E-state index is 12.5. The SMILES string of the molecule is Cc1ccccc1N(CC(=O)NCC1CCN(Cc2cccs2)CC1)S(C)(=O)=O. The van der Waals surface area contributed by atoms with Crippen molar-refractivity contribution < 1.29 is 13.2 Å². The molecule has 1 aromatic carbocycles. The fourth-order valence-electron chi connectivity index (χ4n) is 3.64. The summed E-state index contributed by atoms with van der Waals surface area (Å²) in [5, 5.41) is 5.05. The first-order valence-corrected chi connectivity index (χ1v) is 12.6. The van der Waals surface area contributed by atoms with Crippen LogP contribution >= 0.6 is 11.3 Å². The van der Waals surface area contributed by atoms with Gasteiger partial charge in [-0.2, -0.15) is 0 Å². The molecular formula is C21H29N3O3S2. The van der Waals surface area contributed by atoms with Gasteiger partial charge in [0.15, 0.2) is 0 Å². The molecule has 2 aromatic rings. The van der Waals surface area contributed by atoms with Crippen LogP contribution < -0.4 is 9.62 Å². The van der Waals surface area contributed by atoms with Crippen LogP contribution in [0.15, 0.2) is 41.8 Å². The average Bonchev–Trinajstić information content (AvgIpc) is 3.18. The van der Waals surface area contributed by atoms with Gasteiger partial charge in [-0.1, -0.05) is 24.3 Å². The fraction of sp³-hybridized carbons (Fsp3) is 0.476. The molecule has 1 N–H and O–H groups in total. The summed E-state index contributed by atoms with van der Waals surface area (Å²) in [5.74, 6) is 0.170. The monoisotopic (exact) mass is 435 g/mol. The molecule has 0 radical (unpaired) electrons. The summed E-state index contributed by atoms with van der Waals surface area (Å²) in [7, 11) is -3.54. The van der Waals surface area contributed by atoms with E-state index in [4.69, 9.17) is 0 Å². The predicted octanol–water partition coefficient (Wildman–Crippen LogP) is 2.85. The molecule has 1 aliphatic rings. The highest BCUT2D eigenvalue weighted by Crippen LogP contribution is 2.22. The number of carbonyl (C=O) groups is 1. The van der Waals surface area contributed by atoms with E-state index in [0.29, 0.717) is 18.2 Å². The third-order valence-electron chi connectivity index (χ3n) is 5.33. The molecule has 1 aromatic heterocycles. The summed E-state index contributed by atoms with van der Waals surface area (Å²) in [4.78, 5) is 16.3. The molecule has 158 valence electrons. The Kier molecular flexibility index (Phi) is 7.32. The van der Waals surface area contributed by atoms with Gasteiger partial charge in [-0.05, 0) is 61.8 Å². The van der Waals surface area contributed by atoms with Crippen LogP contribution in [0.4, 0.5) is 5.69 Å². The summed E-state index contributed by atoms with van der Waals surface area (Å²) in [6, 6.07) is 11.5. The van der Waals surface area contributed by atoms with Crippen LogP contribution in [-0.2, 0) is 21.4 Å². The van der Waals surface area contributed by atoms with Gasteiger partial charge < -0.3 is 5.32 Å². The number of thiophene rings is 1. The summed E-state index contributed by atoms with van der Waals surface area (Å²) in [6.07, 6.45) is 3.22. The Labute approximate surface area is 177 Å². The zero-order chi connectivity index (χ0) is 20.9. The van der Waals surface area contributed by atoms with E-state index >= 15 is 0 Å². The van der Waals surface area contributed by atoms with E-state index in [1.54, 1.807) is 23.5 Å². The first kappa shape index (κ1) is 21.8. The van der Waals surface area contributed by atoms with Crippen molar-refractivity contribution in [3.63, 3.8) is 0 Å². The number of hydrogen-bond acceptors (Lipinski definition) is 5. The molecule has 1 aliphatic heterocycles. The highest BCUT2D eigenvalue weighted by molar-refractivity contribution is 7.92. The topological polar surface area (TPSA) is 69.7 Å². The smallest absolute Gasteiger partial charge is 0.240 e. The van der Waals surface area contributed by atoms with E-state index in [9.17, 15) is 13.2 Å². The van der Waals surface area contributed by atoms with Gasteiger partial charge >= 0.3 is 0 Å². The number of nitrogens with one attached hydrogen (secondary N) is 1. The number of carbonyl (C=O) groups excluding carboxylic acids is 1. The summed E-state index contributed by atoms with van der Waals surface area (Å²) >= 11 is 1.79. The van der Waals surface area contributed by atoms with Gasteiger partial charge in [0.25, 0.3) is 0 Å². The molecule has 29 heavy (non-hydrogen) atoms. The van der Waals surface area contributed by atoms with E-state index in [0.717, 1.165) is 44.3 Å². The first-order valence-electron chi connectivity index (χ1n) is 9.87. The minimum atomic E-state index is -3.54. The van der Waals surface area contributed by atoms with Crippen LogP contribution in [0.3, 0.4) is 0 Å². The van der Waals surface area contributed by atoms with Crippen LogP contribution in [0.1, 0.15) is 23.3 Å². The van der Waals surface area contributed by atoms with Crippen molar-refractivity contribution in [1.29, 1.82) is 0 Å². The molecule has 0 saturated carbocycles. The van der Waals surface area contributed by atoms with Crippen molar-refractivity contribution in [2.75, 3.05) is 36.7 Å². The van der Waals surface area contributed by atoms with Gasteiger partial charge in [0.2, 0.25) is 15.9 Å². The second kappa shape index (κ2) is 9.73. The molecular weight excluding hydrogens is 406 g/mol. The third kappa shape index (κ3) is 6.29. The van der Waals surface area contributed by atoms with Crippen molar-refractivity contribution >= 4 is 33.0 Å². The number of nitrogens with zero attached hydrogens (tertiary/aromatic N) is 2.